The Balaban J connectivity index is 2.24. The minimum Gasteiger partial charge on any atom is -0.396 e. The molecule has 0 radical (unpaired) electrons. The van der Waals surface area contributed by atoms with Crippen molar-refractivity contribution in [2.75, 3.05) is 13.2 Å². The van der Waals surface area contributed by atoms with Crippen LogP contribution in [0, 0.1) is 11.8 Å². The highest BCUT2D eigenvalue weighted by Crippen LogP contribution is 2.28. The third-order valence-corrected chi connectivity index (χ3v) is 2.70. The smallest absolute Gasteiger partial charge is 0.0605 e. The van der Waals surface area contributed by atoms with E-state index in [-0.39, 0.29) is 0 Å². The molecule has 0 amide bonds. The van der Waals surface area contributed by atoms with Gasteiger partial charge in [0.15, 0.2) is 0 Å². The molecule has 0 aliphatic carbocycles. The third-order valence-electron chi connectivity index (χ3n) is 2.70. The van der Waals surface area contributed by atoms with Gasteiger partial charge in [-0.25, -0.2) is 0 Å². The lowest BCUT2D eigenvalue weighted by molar-refractivity contribution is 0.0797. The van der Waals surface area contributed by atoms with Gasteiger partial charge in [-0.05, 0) is 24.7 Å². The summed E-state index contributed by atoms with van der Waals surface area (Å²) in [5.41, 5.74) is 0. The molecule has 0 bridgehead atoms. The molecule has 66 valence electrons. The zero-order valence-electron chi connectivity index (χ0n) is 7.42. The first-order valence-corrected chi connectivity index (χ1v) is 4.48. The highest BCUT2D eigenvalue weighted by atomic mass is 16.5. The molecule has 0 aromatic rings. The Hall–Kier alpha value is -0.0800. The zero-order chi connectivity index (χ0) is 8.27. The molecule has 1 N–H and O–H groups in total. The SMILES string of the molecule is CC1COC(CCCO)C1C. The summed E-state index contributed by atoms with van der Waals surface area (Å²) in [6, 6.07) is 0. The lowest BCUT2D eigenvalue weighted by Gasteiger charge is -2.15. The topological polar surface area (TPSA) is 29.5 Å². The van der Waals surface area contributed by atoms with Gasteiger partial charge in [-0.1, -0.05) is 13.8 Å². The maximum Gasteiger partial charge on any atom is 0.0605 e. The van der Waals surface area contributed by atoms with Crippen LogP contribution in [0.3, 0.4) is 0 Å². The summed E-state index contributed by atoms with van der Waals surface area (Å²) in [4.78, 5) is 0. The number of ether oxygens (including phenoxy) is 1. The van der Waals surface area contributed by atoms with Crippen molar-refractivity contribution in [3.8, 4) is 0 Å². The fourth-order valence-electron chi connectivity index (χ4n) is 1.58. The molecule has 0 aromatic carbocycles. The first-order valence-electron chi connectivity index (χ1n) is 4.48. The van der Waals surface area contributed by atoms with Gasteiger partial charge in [-0.3, -0.25) is 0 Å². The van der Waals surface area contributed by atoms with E-state index >= 15 is 0 Å². The molecule has 1 heterocycles. The van der Waals surface area contributed by atoms with Gasteiger partial charge in [0, 0.05) is 13.2 Å². The third kappa shape index (κ3) is 2.17. The standard InChI is InChI=1S/C9H18O2/c1-7-6-11-9(8(7)2)4-3-5-10/h7-10H,3-6H2,1-2H3. The molecular weight excluding hydrogens is 140 g/mol. The summed E-state index contributed by atoms with van der Waals surface area (Å²) in [6.07, 6.45) is 2.29. The van der Waals surface area contributed by atoms with E-state index < -0.39 is 0 Å². The van der Waals surface area contributed by atoms with E-state index in [0.717, 1.165) is 19.4 Å². The van der Waals surface area contributed by atoms with E-state index in [1.54, 1.807) is 0 Å². The Bertz CT molecular complexity index is 114. The molecule has 11 heavy (non-hydrogen) atoms. The van der Waals surface area contributed by atoms with Crippen LogP contribution in [0.25, 0.3) is 0 Å². The Morgan fingerprint density at radius 3 is 2.64 bits per heavy atom. The number of aliphatic hydroxyl groups is 1. The average Bonchev–Trinajstić information content (AvgIpc) is 2.31. The first kappa shape index (κ1) is 9.01. The van der Waals surface area contributed by atoms with E-state index in [4.69, 9.17) is 9.84 Å². The molecule has 1 fully saturated rings. The summed E-state index contributed by atoms with van der Waals surface area (Å²) >= 11 is 0. The van der Waals surface area contributed by atoms with Gasteiger partial charge in [0.25, 0.3) is 0 Å². The van der Waals surface area contributed by atoms with E-state index in [2.05, 4.69) is 13.8 Å². The van der Waals surface area contributed by atoms with Crippen LogP contribution in [0.2, 0.25) is 0 Å². The summed E-state index contributed by atoms with van der Waals surface area (Å²) < 4.78 is 5.57. The lowest BCUT2D eigenvalue weighted by atomic mass is 9.92. The van der Waals surface area contributed by atoms with Crippen LogP contribution in [0.15, 0.2) is 0 Å². The van der Waals surface area contributed by atoms with Crippen LogP contribution >= 0.6 is 0 Å². The second-order valence-electron chi connectivity index (χ2n) is 3.57. The molecule has 0 aromatic heterocycles. The summed E-state index contributed by atoms with van der Waals surface area (Å²) in [6.45, 7) is 5.65. The van der Waals surface area contributed by atoms with Crippen LogP contribution < -0.4 is 0 Å². The molecule has 2 nitrogen and oxygen atoms in total. The molecule has 0 spiro atoms. The summed E-state index contributed by atoms with van der Waals surface area (Å²) in [5, 5.41) is 8.62. The molecule has 1 aliphatic rings. The van der Waals surface area contributed by atoms with Gasteiger partial charge >= 0.3 is 0 Å². The summed E-state index contributed by atoms with van der Waals surface area (Å²) in [5.74, 6) is 1.36. The highest BCUT2D eigenvalue weighted by Gasteiger charge is 2.29. The second kappa shape index (κ2) is 4.07. The van der Waals surface area contributed by atoms with Crippen LogP contribution in [-0.4, -0.2) is 24.4 Å². The molecular formula is C9H18O2. The maximum atomic E-state index is 8.62. The number of hydrogen-bond acceptors (Lipinski definition) is 2. The van der Waals surface area contributed by atoms with Crippen molar-refractivity contribution in [2.24, 2.45) is 11.8 Å². The molecule has 1 rings (SSSR count). The Kier molecular flexibility index (Phi) is 3.34. The monoisotopic (exact) mass is 158 g/mol. The van der Waals surface area contributed by atoms with Crippen LogP contribution in [0.1, 0.15) is 26.7 Å². The van der Waals surface area contributed by atoms with Crippen LogP contribution in [-0.2, 0) is 4.74 Å². The molecule has 1 saturated heterocycles. The van der Waals surface area contributed by atoms with E-state index in [1.807, 2.05) is 0 Å². The van der Waals surface area contributed by atoms with Gasteiger partial charge in [0.2, 0.25) is 0 Å². The number of rotatable bonds is 3. The van der Waals surface area contributed by atoms with Crippen molar-refractivity contribution < 1.29 is 9.84 Å². The predicted molar refractivity (Wildman–Crippen MR) is 44.4 cm³/mol. The fraction of sp³-hybridized carbons (Fsp3) is 1.00. The van der Waals surface area contributed by atoms with E-state index in [0.29, 0.717) is 24.5 Å². The van der Waals surface area contributed by atoms with E-state index in [1.165, 1.54) is 0 Å². The molecule has 3 atom stereocenters. The molecule has 2 heteroatoms. The minimum absolute atomic E-state index is 0.293. The Morgan fingerprint density at radius 2 is 2.18 bits per heavy atom. The lowest BCUT2D eigenvalue weighted by Crippen LogP contribution is -2.16. The summed E-state index contributed by atoms with van der Waals surface area (Å²) in [7, 11) is 0. The van der Waals surface area contributed by atoms with Crippen molar-refractivity contribution in [3.63, 3.8) is 0 Å². The highest BCUT2D eigenvalue weighted by molar-refractivity contribution is 4.77. The fourth-order valence-corrected chi connectivity index (χ4v) is 1.58. The quantitative estimate of drug-likeness (QED) is 0.673. The van der Waals surface area contributed by atoms with Crippen molar-refractivity contribution in [1.82, 2.24) is 0 Å². The van der Waals surface area contributed by atoms with Crippen molar-refractivity contribution in [2.45, 2.75) is 32.8 Å². The maximum absolute atomic E-state index is 8.62. The van der Waals surface area contributed by atoms with Crippen molar-refractivity contribution >= 4 is 0 Å². The Morgan fingerprint density at radius 1 is 1.45 bits per heavy atom. The molecule has 0 saturated carbocycles. The number of aliphatic hydroxyl groups excluding tert-OH is 1. The van der Waals surface area contributed by atoms with Crippen LogP contribution in [0.4, 0.5) is 0 Å². The molecule has 1 aliphatic heterocycles. The van der Waals surface area contributed by atoms with Gasteiger partial charge < -0.3 is 9.84 Å². The van der Waals surface area contributed by atoms with Gasteiger partial charge in [-0.2, -0.15) is 0 Å². The number of hydrogen-bond donors (Lipinski definition) is 1. The largest absolute Gasteiger partial charge is 0.396 e. The first-order chi connectivity index (χ1) is 5.25. The second-order valence-corrected chi connectivity index (χ2v) is 3.57. The minimum atomic E-state index is 0.293. The van der Waals surface area contributed by atoms with Gasteiger partial charge in [0.05, 0.1) is 6.10 Å². The van der Waals surface area contributed by atoms with Crippen molar-refractivity contribution in [3.05, 3.63) is 0 Å². The van der Waals surface area contributed by atoms with Crippen molar-refractivity contribution in [1.29, 1.82) is 0 Å². The average molecular weight is 158 g/mol. The van der Waals surface area contributed by atoms with Gasteiger partial charge in [0.1, 0.15) is 0 Å². The zero-order valence-corrected chi connectivity index (χ0v) is 7.42. The van der Waals surface area contributed by atoms with Gasteiger partial charge in [-0.15, -0.1) is 0 Å². The van der Waals surface area contributed by atoms with E-state index in [9.17, 15) is 0 Å². The molecule has 3 unspecified atom stereocenters. The normalized spacial score (nSPS) is 37.9. The Labute approximate surface area is 68.6 Å². The predicted octanol–water partition coefficient (Wildman–Crippen LogP) is 1.43. The van der Waals surface area contributed by atoms with Crippen LogP contribution in [0.5, 0.6) is 0 Å².